The average Bonchev–Trinajstić information content (AvgIpc) is 2.73. The number of hydrogen-bond acceptors (Lipinski definition) is 4. The first kappa shape index (κ1) is 22.6. The minimum atomic E-state index is -3.54. The zero-order chi connectivity index (χ0) is 22.4. The second-order valence-electron chi connectivity index (χ2n) is 6.71. The lowest BCUT2D eigenvalue weighted by molar-refractivity contribution is -0.118. The van der Waals surface area contributed by atoms with Crippen molar-refractivity contribution >= 4 is 38.9 Å². The molecule has 3 rings (SSSR count). The number of hydrogen-bond donors (Lipinski definition) is 1. The highest BCUT2D eigenvalue weighted by molar-refractivity contribution is 7.92. The van der Waals surface area contributed by atoms with Crippen molar-refractivity contribution in [2.75, 3.05) is 22.5 Å². The number of carbonyl (C=O) groups excluding carboxylic acids is 1. The van der Waals surface area contributed by atoms with Crippen LogP contribution >= 0.6 is 11.6 Å². The van der Waals surface area contributed by atoms with Crippen LogP contribution < -0.4 is 14.4 Å². The maximum atomic E-state index is 13.6. The van der Waals surface area contributed by atoms with E-state index in [1.165, 1.54) is 22.5 Å². The van der Waals surface area contributed by atoms with Crippen molar-refractivity contribution in [3.63, 3.8) is 0 Å². The Morgan fingerprint density at radius 1 is 1.03 bits per heavy atom. The SMILES string of the molecule is CS(=O)(=O)N(Cc1ccc(Cl)cc1)c1ccc(OCC(=O)Nc2ccccc2F)cc1. The van der Waals surface area contributed by atoms with E-state index in [0.29, 0.717) is 16.5 Å². The Bertz CT molecular complexity index is 1150. The maximum absolute atomic E-state index is 13.6. The molecule has 31 heavy (non-hydrogen) atoms. The van der Waals surface area contributed by atoms with Crippen molar-refractivity contribution in [3.05, 3.63) is 89.2 Å². The smallest absolute Gasteiger partial charge is 0.262 e. The van der Waals surface area contributed by atoms with Gasteiger partial charge in [-0.25, -0.2) is 12.8 Å². The molecular weight excluding hydrogens is 443 g/mol. The van der Waals surface area contributed by atoms with Crippen molar-refractivity contribution in [2.24, 2.45) is 0 Å². The zero-order valence-electron chi connectivity index (χ0n) is 16.6. The molecule has 1 N–H and O–H groups in total. The molecule has 0 saturated heterocycles. The van der Waals surface area contributed by atoms with Gasteiger partial charge in [0, 0.05) is 5.02 Å². The molecule has 6 nitrogen and oxygen atoms in total. The van der Waals surface area contributed by atoms with Crippen LogP contribution in [0.5, 0.6) is 5.75 Å². The molecule has 0 bridgehead atoms. The molecule has 1 amide bonds. The highest BCUT2D eigenvalue weighted by Gasteiger charge is 2.18. The summed E-state index contributed by atoms with van der Waals surface area (Å²) in [7, 11) is -3.54. The van der Waals surface area contributed by atoms with Crippen molar-refractivity contribution in [3.8, 4) is 5.75 Å². The molecule has 0 aliphatic rings. The molecule has 162 valence electrons. The van der Waals surface area contributed by atoms with E-state index in [9.17, 15) is 17.6 Å². The Labute approximate surface area is 185 Å². The Kier molecular flexibility index (Phi) is 7.14. The topological polar surface area (TPSA) is 75.7 Å². The van der Waals surface area contributed by atoms with Crippen molar-refractivity contribution in [1.29, 1.82) is 0 Å². The third-order valence-electron chi connectivity index (χ3n) is 4.28. The molecular formula is C22H20ClFN2O4S. The van der Waals surface area contributed by atoms with E-state index in [0.717, 1.165) is 11.8 Å². The van der Waals surface area contributed by atoms with Crippen LogP contribution in [0, 0.1) is 5.82 Å². The minimum absolute atomic E-state index is 0.0671. The van der Waals surface area contributed by atoms with Crippen LogP contribution in [-0.2, 0) is 21.4 Å². The Balaban J connectivity index is 1.65. The van der Waals surface area contributed by atoms with E-state index in [-0.39, 0.29) is 18.8 Å². The number of nitrogens with zero attached hydrogens (tertiary/aromatic N) is 1. The molecule has 9 heteroatoms. The molecule has 0 atom stereocenters. The van der Waals surface area contributed by atoms with E-state index < -0.39 is 21.7 Å². The average molecular weight is 463 g/mol. The second-order valence-corrected chi connectivity index (χ2v) is 9.05. The van der Waals surface area contributed by atoms with Gasteiger partial charge in [-0.3, -0.25) is 9.10 Å². The van der Waals surface area contributed by atoms with E-state index in [1.807, 2.05) is 0 Å². The van der Waals surface area contributed by atoms with Crippen LogP contribution in [0.3, 0.4) is 0 Å². The Morgan fingerprint density at radius 2 is 1.68 bits per heavy atom. The first-order valence-corrected chi connectivity index (χ1v) is 11.4. The summed E-state index contributed by atoms with van der Waals surface area (Å²) in [5.41, 5.74) is 1.29. The van der Waals surface area contributed by atoms with Crippen LogP contribution in [0.15, 0.2) is 72.8 Å². The number of anilines is 2. The molecule has 3 aromatic rings. The van der Waals surface area contributed by atoms with Crippen LogP contribution in [-0.4, -0.2) is 27.2 Å². The Hall–Kier alpha value is -3.10. The molecule has 0 fully saturated rings. The van der Waals surface area contributed by atoms with Gasteiger partial charge in [-0.1, -0.05) is 35.9 Å². The fourth-order valence-corrected chi connectivity index (χ4v) is 3.78. The van der Waals surface area contributed by atoms with E-state index in [1.54, 1.807) is 54.6 Å². The first-order valence-electron chi connectivity index (χ1n) is 9.22. The lowest BCUT2D eigenvalue weighted by Gasteiger charge is -2.23. The number of halogens is 2. The first-order chi connectivity index (χ1) is 14.7. The molecule has 0 aromatic heterocycles. The predicted octanol–water partition coefficient (Wildman–Crippen LogP) is 4.46. The fraction of sp³-hybridized carbons (Fsp3) is 0.136. The fourth-order valence-electron chi connectivity index (χ4n) is 2.76. The van der Waals surface area contributed by atoms with Gasteiger partial charge in [0.1, 0.15) is 11.6 Å². The summed E-state index contributed by atoms with van der Waals surface area (Å²) in [6.07, 6.45) is 1.13. The van der Waals surface area contributed by atoms with E-state index >= 15 is 0 Å². The number of sulfonamides is 1. The number of nitrogens with one attached hydrogen (secondary N) is 1. The summed E-state index contributed by atoms with van der Waals surface area (Å²) in [5, 5.41) is 2.99. The van der Waals surface area contributed by atoms with Gasteiger partial charge < -0.3 is 10.1 Å². The normalized spacial score (nSPS) is 11.1. The monoisotopic (exact) mass is 462 g/mol. The summed E-state index contributed by atoms with van der Waals surface area (Å²) in [6.45, 7) is -0.185. The summed E-state index contributed by atoms with van der Waals surface area (Å²) in [6, 6.07) is 19.0. The molecule has 3 aromatic carbocycles. The standard InChI is InChI=1S/C22H20ClFN2O4S/c1-31(28,29)26(14-16-6-8-17(23)9-7-16)18-10-12-19(13-11-18)30-15-22(27)25-21-5-3-2-4-20(21)24/h2-13H,14-15H2,1H3,(H,25,27). The third-order valence-corrected chi connectivity index (χ3v) is 5.67. The van der Waals surface area contributed by atoms with Gasteiger partial charge in [0.15, 0.2) is 6.61 Å². The summed E-state index contributed by atoms with van der Waals surface area (Å²) < 4.78 is 44.8. The molecule has 0 heterocycles. The van der Waals surface area contributed by atoms with E-state index in [4.69, 9.17) is 16.3 Å². The quantitative estimate of drug-likeness (QED) is 0.536. The molecule has 0 saturated carbocycles. The van der Waals surface area contributed by atoms with Gasteiger partial charge in [-0.15, -0.1) is 0 Å². The number of amides is 1. The molecule has 0 aliphatic heterocycles. The molecule has 0 radical (unpaired) electrons. The van der Waals surface area contributed by atoms with Crippen LogP contribution in [0.25, 0.3) is 0 Å². The van der Waals surface area contributed by atoms with Crippen molar-refractivity contribution in [2.45, 2.75) is 6.54 Å². The lowest BCUT2D eigenvalue weighted by atomic mass is 10.2. The van der Waals surface area contributed by atoms with Gasteiger partial charge >= 0.3 is 0 Å². The minimum Gasteiger partial charge on any atom is -0.484 e. The van der Waals surface area contributed by atoms with Gasteiger partial charge in [0.25, 0.3) is 5.91 Å². The number of benzene rings is 3. The number of rotatable bonds is 8. The van der Waals surface area contributed by atoms with Gasteiger partial charge in [0.05, 0.1) is 24.2 Å². The van der Waals surface area contributed by atoms with E-state index in [2.05, 4.69) is 5.32 Å². The molecule has 0 unspecified atom stereocenters. The van der Waals surface area contributed by atoms with Crippen molar-refractivity contribution in [1.82, 2.24) is 0 Å². The zero-order valence-corrected chi connectivity index (χ0v) is 18.2. The van der Waals surface area contributed by atoms with Crippen LogP contribution in [0.1, 0.15) is 5.56 Å². The van der Waals surface area contributed by atoms with Crippen LogP contribution in [0.4, 0.5) is 15.8 Å². The Morgan fingerprint density at radius 3 is 2.29 bits per heavy atom. The molecule has 0 spiro atoms. The number of para-hydroxylation sites is 1. The maximum Gasteiger partial charge on any atom is 0.262 e. The third kappa shape index (κ3) is 6.44. The lowest BCUT2D eigenvalue weighted by Crippen LogP contribution is -2.29. The van der Waals surface area contributed by atoms with Crippen LogP contribution in [0.2, 0.25) is 5.02 Å². The largest absolute Gasteiger partial charge is 0.484 e. The predicted molar refractivity (Wildman–Crippen MR) is 119 cm³/mol. The summed E-state index contributed by atoms with van der Waals surface area (Å²) >= 11 is 5.88. The number of carbonyl (C=O) groups is 1. The summed E-state index contributed by atoms with van der Waals surface area (Å²) in [5.74, 6) is -0.691. The van der Waals surface area contributed by atoms with Gasteiger partial charge in [0.2, 0.25) is 10.0 Å². The highest BCUT2D eigenvalue weighted by Crippen LogP contribution is 2.24. The molecule has 0 aliphatic carbocycles. The number of ether oxygens (including phenoxy) is 1. The van der Waals surface area contributed by atoms with Gasteiger partial charge in [-0.05, 0) is 54.1 Å². The van der Waals surface area contributed by atoms with Gasteiger partial charge in [-0.2, -0.15) is 0 Å². The van der Waals surface area contributed by atoms with Crippen molar-refractivity contribution < 1.29 is 22.3 Å². The summed E-state index contributed by atoms with van der Waals surface area (Å²) in [4.78, 5) is 12.0. The second kappa shape index (κ2) is 9.80. The highest BCUT2D eigenvalue weighted by atomic mass is 35.5.